The van der Waals surface area contributed by atoms with Gasteiger partial charge in [-0.2, -0.15) is 10.4 Å². The smallest absolute Gasteiger partial charge is 0.167 e. The largest absolute Gasteiger partial charge is 0.364 e. The molecule has 3 N–H and O–H groups in total. The number of nitrogens with zero attached hydrogens (tertiary/aromatic N) is 3. The Labute approximate surface area is 114 Å². The zero-order chi connectivity index (χ0) is 13.8. The Morgan fingerprint density at radius 3 is 2.74 bits per heavy atom. The summed E-state index contributed by atoms with van der Waals surface area (Å²) in [7, 11) is 0. The summed E-state index contributed by atoms with van der Waals surface area (Å²) in [4.78, 5) is 0. The molecule has 2 atom stereocenters. The van der Waals surface area contributed by atoms with E-state index in [1.165, 1.54) is 12.8 Å². The number of aryl methyl sites for hydroxylation is 1. The summed E-state index contributed by atoms with van der Waals surface area (Å²) in [5.41, 5.74) is 8.15. The molecule has 1 fully saturated rings. The molecule has 5 heteroatoms. The van der Waals surface area contributed by atoms with E-state index in [9.17, 15) is 5.26 Å². The SMILES string of the molecule is Cc1nnc(NC2CCCCC2CN)c(C#N)c1C. The molecular formula is C14H21N5. The summed E-state index contributed by atoms with van der Waals surface area (Å²) in [6, 6.07) is 2.54. The average Bonchev–Trinajstić information content (AvgIpc) is 2.44. The van der Waals surface area contributed by atoms with Crippen molar-refractivity contribution < 1.29 is 0 Å². The third-order valence-corrected chi connectivity index (χ3v) is 4.10. The first kappa shape index (κ1) is 13.8. The van der Waals surface area contributed by atoms with Crippen molar-refractivity contribution in [1.29, 1.82) is 5.26 Å². The molecule has 0 bridgehead atoms. The second-order valence-electron chi connectivity index (χ2n) is 5.28. The Balaban J connectivity index is 2.23. The van der Waals surface area contributed by atoms with Crippen LogP contribution in [0.2, 0.25) is 0 Å². The third-order valence-electron chi connectivity index (χ3n) is 4.10. The normalized spacial score (nSPS) is 22.8. The molecule has 0 radical (unpaired) electrons. The first-order valence-electron chi connectivity index (χ1n) is 6.88. The molecule has 1 aromatic heterocycles. The highest BCUT2D eigenvalue weighted by atomic mass is 15.2. The molecule has 19 heavy (non-hydrogen) atoms. The van der Waals surface area contributed by atoms with Crippen LogP contribution in [0.4, 0.5) is 5.82 Å². The number of anilines is 1. The van der Waals surface area contributed by atoms with E-state index in [0.29, 0.717) is 29.9 Å². The zero-order valence-electron chi connectivity index (χ0n) is 11.6. The van der Waals surface area contributed by atoms with E-state index >= 15 is 0 Å². The summed E-state index contributed by atoms with van der Waals surface area (Å²) < 4.78 is 0. The molecule has 1 heterocycles. The lowest BCUT2D eigenvalue weighted by atomic mass is 9.84. The van der Waals surface area contributed by atoms with Gasteiger partial charge in [-0.05, 0) is 44.7 Å². The van der Waals surface area contributed by atoms with Crippen LogP contribution in [-0.4, -0.2) is 22.8 Å². The lowest BCUT2D eigenvalue weighted by Crippen LogP contribution is -2.37. The number of nitrogens with one attached hydrogen (secondary N) is 1. The highest BCUT2D eigenvalue weighted by Gasteiger charge is 2.25. The Morgan fingerprint density at radius 2 is 2.05 bits per heavy atom. The number of nitriles is 1. The molecule has 1 aliphatic carbocycles. The molecule has 2 rings (SSSR count). The highest BCUT2D eigenvalue weighted by Crippen LogP contribution is 2.27. The van der Waals surface area contributed by atoms with E-state index in [-0.39, 0.29) is 0 Å². The molecule has 102 valence electrons. The van der Waals surface area contributed by atoms with Crippen LogP contribution in [0.25, 0.3) is 0 Å². The van der Waals surface area contributed by atoms with Crippen molar-refractivity contribution in [2.24, 2.45) is 11.7 Å². The summed E-state index contributed by atoms with van der Waals surface area (Å²) in [5, 5.41) is 20.9. The van der Waals surface area contributed by atoms with Crippen molar-refractivity contribution in [3.05, 3.63) is 16.8 Å². The van der Waals surface area contributed by atoms with Crippen LogP contribution in [0.5, 0.6) is 0 Å². The topological polar surface area (TPSA) is 87.6 Å². The third kappa shape index (κ3) is 2.85. The summed E-state index contributed by atoms with van der Waals surface area (Å²) in [5.74, 6) is 1.07. The first-order valence-corrected chi connectivity index (χ1v) is 6.88. The van der Waals surface area contributed by atoms with Gasteiger partial charge in [0.2, 0.25) is 0 Å². The minimum absolute atomic E-state index is 0.308. The van der Waals surface area contributed by atoms with Gasteiger partial charge in [0.25, 0.3) is 0 Å². The van der Waals surface area contributed by atoms with Crippen molar-refractivity contribution in [2.75, 3.05) is 11.9 Å². The fraction of sp³-hybridized carbons (Fsp3) is 0.643. The number of aromatic nitrogens is 2. The summed E-state index contributed by atoms with van der Waals surface area (Å²) >= 11 is 0. The molecule has 0 aromatic carbocycles. The van der Waals surface area contributed by atoms with Gasteiger partial charge in [-0.15, -0.1) is 5.10 Å². The van der Waals surface area contributed by atoms with Gasteiger partial charge < -0.3 is 11.1 Å². The fourth-order valence-corrected chi connectivity index (χ4v) is 2.70. The molecule has 0 aliphatic heterocycles. The van der Waals surface area contributed by atoms with Crippen LogP contribution < -0.4 is 11.1 Å². The van der Waals surface area contributed by atoms with Gasteiger partial charge >= 0.3 is 0 Å². The van der Waals surface area contributed by atoms with Crippen molar-refractivity contribution in [3.63, 3.8) is 0 Å². The van der Waals surface area contributed by atoms with Crippen molar-refractivity contribution >= 4 is 5.82 Å². The maximum Gasteiger partial charge on any atom is 0.167 e. The maximum absolute atomic E-state index is 9.29. The van der Waals surface area contributed by atoms with Crippen LogP contribution in [0.1, 0.15) is 42.5 Å². The van der Waals surface area contributed by atoms with Crippen molar-refractivity contribution in [1.82, 2.24) is 10.2 Å². The van der Waals surface area contributed by atoms with E-state index in [4.69, 9.17) is 5.73 Å². The lowest BCUT2D eigenvalue weighted by molar-refractivity contribution is 0.332. The van der Waals surface area contributed by atoms with Crippen LogP contribution >= 0.6 is 0 Å². The molecule has 1 saturated carbocycles. The summed E-state index contributed by atoms with van der Waals surface area (Å²) in [6.07, 6.45) is 4.67. The molecule has 1 aromatic rings. The van der Waals surface area contributed by atoms with E-state index in [1.54, 1.807) is 0 Å². The van der Waals surface area contributed by atoms with Crippen LogP contribution in [0.3, 0.4) is 0 Å². The Kier molecular flexibility index (Phi) is 4.33. The standard InChI is InChI=1S/C14H21N5/c1-9-10(2)18-19-14(12(9)8-16)17-13-6-4-3-5-11(13)7-15/h11,13H,3-7,15H2,1-2H3,(H,17,19). The molecule has 1 aliphatic rings. The van der Waals surface area contributed by atoms with E-state index < -0.39 is 0 Å². The number of rotatable bonds is 3. The van der Waals surface area contributed by atoms with Gasteiger partial charge in [0.1, 0.15) is 11.6 Å². The Morgan fingerprint density at radius 1 is 1.32 bits per heavy atom. The second-order valence-corrected chi connectivity index (χ2v) is 5.28. The minimum Gasteiger partial charge on any atom is -0.364 e. The fourth-order valence-electron chi connectivity index (χ4n) is 2.70. The predicted octanol–water partition coefficient (Wildman–Crippen LogP) is 1.89. The molecular weight excluding hydrogens is 238 g/mol. The van der Waals surface area contributed by atoms with E-state index in [0.717, 1.165) is 24.1 Å². The van der Waals surface area contributed by atoms with Gasteiger partial charge in [0.15, 0.2) is 5.82 Å². The minimum atomic E-state index is 0.308. The highest BCUT2D eigenvalue weighted by molar-refractivity contribution is 5.56. The van der Waals surface area contributed by atoms with E-state index in [2.05, 4.69) is 21.6 Å². The first-order chi connectivity index (χ1) is 9.17. The van der Waals surface area contributed by atoms with Gasteiger partial charge in [-0.25, -0.2) is 0 Å². The quantitative estimate of drug-likeness (QED) is 0.865. The molecule has 0 saturated heterocycles. The molecule has 5 nitrogen and oxygen atoms in total. The van der Waals surface area contributed by atoms with Crippen molar-refractivity contribution in [2.45, 2.75) is 45.6 Å². The van der Waals surface area contributed by atoms with Crippen molar-refractivity contribution in [3.8, 4) is 6.07 Å². The van der Waals surface area contributed by atoms with Gasteiger partial charge in [0, 0.05) is 6.04 Å². The van der Waals surface area contributed by atoms with Gasteiger partial charge in [-0.1, -0.05) is 12.8 Å². The monoisotopic (exact) mass is 259 g/mol. The van der Waals surface area contributed by atoms with Crippen LogP contribution in [0.15, 0.2) is 0 Å². The van der Waals surface area contributed by atoms with E-state index in [1.807, 2.05) is 13.8 Å². The average molecular weight is 259 g/mol. The van der Waals surface area contributed by atoms with Gasteiger partial charge in [-0.3, -0.25) is 0 Å². The Hall–Kier alpha value is -1.67. The number of hydrogen-bond donors (Lipinski definition) is 2. The molecule has 0 spiro atoms. The van der Waals surface area contributed by atoms with Gasteiger partial charge in [0.05, 0.1) is 5.69 Å². The molecule has 2 unspecified atom stereocenters. The predicted molar refractivity (Wildman–Crippen MR) is 74.6 cm³/mol. The molecule has 0 amide bonds. The number of nitrogens with two attached hydrogens (primary N) is 1. The van der Waals surface area contributed by atoms with Crippen LogP contribution in [-0.2, 0) is 0 Å². The lowest BCUT2D eigenvalue weighted by Gasteiger charge is -2.31. The maximum atomic E-state index is 9.29. The second kappa shape index (κ2) is 5.98. The van der Waals surface area contributed by atoms with Crippen LogP contribution in [0, 0.1) is 31.1 Å². The number of hydrogen-bond acceptors (Lipinski definition) is 5. The Bertz CT molecular complexity index is 491. The summed E-state index contributed by atoms with van der Waals surface area (Å²) in [6.45, 7) is 4.46. The zero-order valence-corrected chi connectivity index (χ0v) is 11.6.